The molecule has 1 aliphatic heterocycles. The number of halogens is 1. The van der Waals surface area contributed by atoms with E-state index in [9.17, 15) is 4.39 Å². The first-order valence-corrected chi connectivity index (χ1v) is 8.16. The minimum atomic E-state index is -0.186. The molecule has 0 radical (unpaired) electrons. The summed E-state index contributed by atoms with van der Waals surface area (Å²) in [6, 6.07) is 7.20. The third-order valence-corrected chi connectivity index (χ3v) is 4.30. The predicted octanol–water partition coefficient (Wildman–Crippen LogP) is 0.779. The first-order chi connectivity index (χ1) is 11.1. The molecular formula is C17H28FN5. The molecular weight excluding hydrogens is 293 g/mol. The summed E-state index contributed by atoms with van der Waals surface area (Å²) < 4.78 is 13.1. The molecule has 128 valence electrons. The highest BCUT2D eigenvalue weighted by atomic mass is 19.1. The first-order valence-electron chi connectivity index (χ1n) is 8.16. The quantitative estimate of drug-likeness (QED) is 0.621. The third-order valence-electron chi connectivity index (χ3n) is 4.30. The van der Waals surface area contributed by atoms with E-state index in [-0.39, 0.29) is 5.82 Å². The van der Waals surface area contributed by atoms with Gasteiger partial charge in [0.2, 0.25) is 0 Å². The Kier molecular flexibility index (Phi) is 6.80. The topological polar surface area (TPSA) is 42.9 Å². The lowest BCUT2D eigenvalue weighted by Crippen LogP contribution is -2.55. The van der Waals surface area contributed by atoms with E-state index in [0.29, 0.717) is 6.04 Å². The van der Waals surface area contributed by atoms with E-state index in [0.717, 1.165) is 50.7 Å². The molecule has 0 amide bonds. The van der Waals surface area contributed by atoms with Crippen LogP contribution in [-0.4, -0.2) is 75.7 Å². The highest BCUT2D eigenvalue weighted by Gasteiger charge is 2.21. The van der Waals surface area contributed by atoms with Crippen LogP contribution in [0.2, 0.25) is 0 Å². The molecule has 2 N–H and O–H groups in total. The number of rotatable bonds is 5. The summed E-state index contributed by atoms with van der Waals surface area (Å²) in [5.74, 6) is 0.609. The average molecular weight is 321 g/mol. The Labute approximate surface area is 138 Å². The van der Waals surface area contributed by atoms with E-state index >= 15 is 0 Å². The predicted molar refractivity (Wildman–Crippen MR) is 93.4 cm³/mol. The number of aliphatic imine (C=N–C) groups is 1. The third kappa shape index (κ3) is 5.80. The van der Waals surface area contributed by atoms with Crippen LogP contribution in [0.4, 0.5) is 4.39 Å². The Hall–Kier alpha value is -1.66. The lowest BCUT2D eigenvalue weighted by Gasteiger charge is -2.37. The zero-order valence-corrected chi connectivity index (χ0v) is 14.3. The van der Waals surface area contributed by atoms with Gasteiger partial charge in [-0.2, -0.15) is 0 Å². The van der Waals surface area contributed by atoms with Gasteiger partial charge in [0.15, 0.2) is 5.96 Å². The summed E-state index contributed by atoms with van der Waals surface area (Å²) in [7, 11) is 6.10. The normalized spacial score (nSPS) is 20.5. The van der Waals surface area contributed by atoms with Crippen molar-refractivity contribution in [3.05, 3.63) is 35.6 Å². The van der Waals surface area contributed by atoms with Crippen molar-refractivity contribution in [2.75, 3.05) is 53.9 Å². The van der Waals surface area contributed by atoms with Crippen molar-refractivity contribution in [3.63, 3.8) is 0 Å². The van der Waals surface area contributed by atoms with Crippen molar-refractivity contribution in [3.8, 4) is 0 Å². The maximum absolute atomic E-state index is 13.1. The molecule has 1 fully saturated rings. The molecule has 1 heterocycles. The number of guanidine groups is 1. The number of likely N-dealkylation sites (N-methyl/N-ethyl adjacent to an activating group) is 2. The molecule has 1 atom stereocenters. The lowest BCUT2D eigenvalue weighted by molar-refractivity contribution is 0.116. The largest absolute Gasteiger partial charge is 0.356 e. The van der Waals surface area contributed by atoms with Gasteiger partial charge in [0.25, 0.3) is 0 Å². The Bertz CT molecular complexity index is 519. The number of hydrogen-bond donors (Lipinski definition) is 2. The molecule has 1 aromatic rings. The Morgan fingerprint density at radius 3 is 2.87 bits per heavy atom. The van der Waals surface area contributed by atoms with Gasteiger partial charge in [-0.3, -0.25) is 9.89 Å². The van der Waals surface area contributed by atoms with Crippen LogP contribution in [0.1, 0.15) is 5.56 Å². The van der Waals surface area contributed by atoms with Crippen LogP contribution in [0.3, 0.4) is 0 Å². The van der Waals surface area contributed by atoms with E-state index < -0.39 is 0 Å². The highest BCUT2D eigenvalue weighted by Crippen LogP contribution is 2.05. The van der Waals surface area contributed by atoms with Gasteiger partial charge < -0.3 is 15.5 Å². The summed E-state index contributed by atoms with van der Waals surface area (Å²) in [6.45, 7) is 4.86. The summed E-state index contributed by atoms with van der Waals surface area (Å²) >= 11 is 0. The maximum atomic E-state index is 13.1. The standard InChI is InChI=1S/C17H28FN5/c1-19-17(20-8-7-14-5-4-6-15(18)11-14)21-12-16-13-22(2)9-10-23(16)3/h4-6,11,16H,7-10,12-13H2,1-3H3,(H2,19,20,21). The zero-order chi connectivity index (χ0) is 16.7. The molecule has 0 bridgehead atoms. The molecule has 1 saturated heterocycles. The molecule has 5 nitrogen and oxygen atoms in total. The molecule has 1 aliphatic rings. The lowest BCUT2D eigenvalue weighted by atomic mass is 10.1. The Morgan fingerprint density at radius 2 is 2.13 bits per heavy atom. The summed E-state index contributed by atoms with van der Waals surface area (Å²) in [4.78, 5) is 8.99. The maximum Gasteiger partial charge on any atom is 0.191 e. The molecule has 23 heavy (non-hydrogen) atoms. The van der Waals surface area contributed by atoms with Crippen LogP contribution in [0.15, 0.2) is 29.3 Å². The van der Waals surface area contributed by atoms with E-state index in [1.807, 2.05) is 6.07 Å². The monoisotopic (exact) mass is 321 g/mol. The molecule has 6 heteroatoms. The second kappa shape index (κ2) is 8.84. The van der Waals surface area contributed by atoms with Gasteiger partial charge >= 0.3 is 0 Å². The molecule has 0 spiro atoms. The van der Waals surface area contributed by atoms with Gasteiger partial charge in [-0.1, -0.05) is 12.1 Å². The fourth-order valence-corrected chi connectivity index (χ4v) is 2.77. The number of nitrogens with zero attached hydrogens (tertiary/aromatic N) is 3. The summed E-state index contributed by atoms with van der Waals surface area (Å²) in [6.07, 6.45) is 0.768. The average Bonchev–Trinajstić information content (AvgIpc) is 2.53. The molecule has 2 rings (SSSR count). The van der Waals surface area contributed by atoms with Crippen LogP contribution in [0.5, 0.6) is 0 Å². The SMILES string of the molecule is CN=C(NCCc1cccc(F)c1)NCC1CN(C)CCN1C. The van der Waals surface area contributed by atoms with Gasteiger partial charge in [-0.25, -0.2) is 4.39 Å². The van der Waals surface area contributed by atoms with Crippen LogP contribution in [-0.2, 0) is 6.42 Å². The molecule has 0 aromatic heterocycles. The minimum Gasteiger partial charge on any atom is -0.356 e. The number of piperazine rings is 1. The second-order valence-electron chi connectivity index (χ2n) is 6.16. The van der Waals surface area contributed by atoms with Gasteiger partial charge in [0.05, 0.1) is 0 Å². The summed E-state index contributed by atoms with van der Waals surface area (Å²) in [5, 5.41) is 6.67. The Balaban J connectivity index is 1.73. The minimum absolute atomic E-state index is 0.186. The van der Waals surface area contributed by atoms with Crippen molar-refractivity contribution in [1.29, 1.82) is 0 Å². The van der Waals surface area contributed by atoms with Crippen molar-refractivity contribution < 1.29 is 4.39 Å². The van der Waals surface area contributed by atoms with E-state index in [2.05, 4.69) is 39.5 Å². The second-order valence-corrected chi connectivity index (χ2v) is 6.16. The smallest absolute Gasteiger partial charge is 0.191 e. The molecule has 1 aromatic carbocycles. The molecule has 1 unspecified atom stereocenters. The number of benzene rings is 1. The van der Waals surface area contributed by atoms with Crippen molar-refractivity contribution in [1.82, 2.24) is 20.4 Å². The van der Waals surface area contributed by atoms with Gasteiger partial charge in [0, 0.05) is 45.8 Å². The van der Waals surface area contributed by atoms with Crippen molar-refractivity contribution >= 4 is 5.96 Å². The van der Waals surface area contributed by atoms with Crippen LogP contribution in [0.25, 0.3) is 0 Å². The van der Waals surface area contributed by atoms with Crippen molar-refractivity contribution in [2.24, 2.45) is 4.99 Å². The zero-order valence-electron chi connectivity index (χ0n) is 14.3. The first kappa shape index (κ1) is 17.7. The van der Waals surface area contributed by atoms with Crippen molar-refractivity contribution in [2.45, 2.75) is 12.5 Å². The molecule has 0 saturated carbocycles. The van der Waals surface area contributed by atoms with Gasteiger partial charge in [0.1, 0.15) is 5.82 Å². The molecule has 0 aliphatic carbocycles. The van der Waals surface area contributed by atoms with E-state index in [1.54, 1.807) is 19.2 Å². The van der Waals surface area contributed by atoms with E-state index in [1.165, 1.54) is 6.07 Å². The fourth-order valence-electron chi connectivity index (χ4n) is 2.77. The highest BCUT2D eigenvalue weighted by molar-refractivity contribution is 5.79. The Morgan fingerprint density at radius 1 is 1.30 bits per heavy atom. The van der Waals surface area contributed by atoms with Gasteiger partial charge in [-0.05, 0) is 38.2 Å². The fraction of sp³-hybridized carbons (Fsp3) is 0.588. The van der Waals surface area contributed by atoms with Crippen LogP contribution >= 0.6 is 0 Å². The van der Waals surface area contributed by atoms with Crippen LogP contribution < -0.4 is 10.6 Å². The number of nitrogens with one attached hydrogen (secondary N) is 2. The van der Waals surface area contributed by atoms with E-state index in [4.69, 9.17) is 0 Å². The van der Waals surface area contributed by atoms with Crippen LogP contribution in [0, 0.1) is 5.82 Å². The number of hydrogen-bond acceptors (Lipinski definition) is 3. The van der Waals surface area contributed by atoms with Gasteiger partial charge in [-0.15, -0.1) is 0 Å². The summed E-state index contributed by atoms with van der Waals surface area (Å²) in [5.41, 5.74) is 0.988.